The summed E-state index contributed by atoms with van der Waals surface area (Å²) in [6.07, 6.45) is 0.961. The van der Waals surface area contributed by atoms with Gasteiger partial charge in [-0.1, -0.05) is 23.9 Å². The molecule has 0 amide bonds. The van der Waals surface area contributed by atoms with Gasteiger partial charge in [0.2, 0.25) is 0 Å². The standard InChI is InChI=1S/C24H32N4O6S/c1-5-33-21(29)19-17(14-35-23-25-11-8-12-26-23)27-24(3,4)20(22(30)34-6-2)18(19)15-9-7-10-16(13-15)28(31)32/h7,9-10,13,18,20,27H,5-6,8,11-12,14H2,1-4H3,(H,25,26). The summed E-state index contributed by atoms with van der Waals surface area (Å²) < 4.78 is 10.8. The number of amidine groups is 1. The largest absolute Gasteiger partial charge is 0.466 e. The highest BCUT2D eigenvalue weighted by molar-refractivity contribution is 8.14. The van der Waals surface area contributed by atoms with E-state index in [1.807, 2.05) is 13.8 Å². The zero-order chi connectivity index (χ0) is 25.6. The maximum Gasteiger partial charge on any atom is 0.336 e. The highest BCUT2D eigenvalue weighted by Gasteiger charge is 2.51. The Balaban J connectivity index is 2.18. The smallest absolute Gasteiger partial charge is 0.336 e. The first-order chi connectivity index (χ1) is 16.7. The zero-order valence-electron chi connectivity index (χ0n) is 20.5. The first-order valence-corrected chi connectivity index (χ1v) is 12.7. The third-order valence-corrected chi connectivity index (χ3v) is 6.90. The Bertz CT molecular complexity index is 1040. The Morgan fingerprint density at radius 1 is 1.26 bits per heavy atom. The van der Waals surface area contributed by atoms with Crippen LogP contribution in [0.3, 0.4) is 0 Å². The summed E-state index contributed by atoms with van der Waals surface area (Å²) >= 11 is 1.46. The molecule has 0 spiro atoms. The van der Waals surface area contributed by atoms with Crippen molar-refractivity contribution in [2.75, 3.05) is 32.1 Å². The van der Waals surface area contributed by atoms with E-state index in [0.29, 0.717) is 17.0 Å². The van der Waals surface area contributed by atoms with Crippen molar-refractivity contribution in [3.05, 3.63) is 51.2 Å². The maximum absolute atomic E-state index is 13.3. The molecule has 0 fully saturated rings. The number of nitro benzene ring substituents is 1. The molecular formula is C24H32N4O6S. The molecule has 1 aromatic rings. The lowest BCUT2D eigenvalue weighted by Crippen LogP contribution is -2.56. The fourth-order valence-corrected chi connectivity index (χ4v) is 5.38. The lowest BCUT2D eigenvalue weighted by atomic mass is 9.68. The molecule has 35 heavy (non-hydrogen) atoms. The van der Waals surface area contributed by atoms with Crippen LogP contribution < -0.4 is 10.6 Å². The van der Waals surface area contributed by atoms with Crippen LogP contribution in [0.15, 0.2) is 40.5 Å². The van der Waals surface area contributed by atoms with Gasteiger partial charge in [-0.2, -0.15) is 0 Å². The van der Waals surface area contributed by atoms with E-state index in [1.54, 1.807) is 26.0 Å². The summed E-state index contributed by atoms with van der Waals surface area (Å²) in [5.41, 5.74) is 0.404. The van der Waals surface area contributed by atoms with Crippen LogP contribution >= 0.6 is 11.8 Å². The van der Waals surface area contributed by atoms with Crippen LogP contribution in [0.2, 0.25) is 0 Å². The second-order valence-electron chi connectivity index (χ2n) is 8.77. The number of nitrogens with one attached hydrogen (secondary N) is 2. The Hall–Kier alpha value is -3.08. The van der Waals surface area contributed by atoms with Gasteiger partial charge in [-0.15, -0.1) is 0 Å². The Morgan fingerprint density at radius 2 is 2.00 bits per heavy atom. The number of carbonyl (C=O) groups excluding carboxylic acids is 2. The third kappa shape index (κ3) is 6.14. The molecule has 0 bridgehead atoms. The minimum absolute atomic E-state index is 0.124. The van der Waals surface area contributed by atoms with Gasteiger partial charge in [0.05, 0.1) is 29.6 Å². The van der Waals surface area contributed by atoms with Crippen molar-refractivity contribution in [1.82, 2.24) is 10.6 Å². The van der Waals surface area contributed by atoms with Crippen molar-refractivity contribution in [2.45, 2.75) is 45.6 Å². The predicted octanol–water partition coefficient (Wildman–Crippen LogP) is 3.14. The van der Waals surface area contributed by atoms with Crippen molar-refractivity contribution < 1.29 is 24.0 Å². The zero-order valence-corrected chi connectivity index (χ0v) is 21.3. The number of hydrogen-bond acceptors (Lipinski definition) is 10. The van der Waals surface area contributed by atoms with Crippen LogP contribution in [-0.2, 0) is 19.1 Å². The van der Waals surface area contributed by atoms with Gasteiger partial charge in [-0.25, -0.2) is 4.79 Å². The molecule has 0 saturated carbocycles. The number of benzene rings is 1. The van der Waals surface area contributed by atoms with Crippen LogP contribution in [0.5, 0.6) is 0 Å². The van der Waals surface area contributed by atoms with Gasteiger partial charge in [0.25, 0.3) is 5.69 Å². The Morgan fingerprint density at radius 3 is 2.63 bits per heavy atom. The SMILES string of the molecule is CCOC(=O)C1=C(CSC2=NCCCN2)NC(C)(C)C(C(=O)OCC)C1c1cccc([N+](=O)[O-])c1. The van der Waals surface area contributed by atoms with Crippen LogP contribution in [-0.4, -0.2) is 59.6 Å². The number of rotatable bonds is 8. The molecule has 0 aromatic heterocycles. The number of nitrogens with zero attached hydrogens (tertiary/aromatic N) is 2. The lowest BCUT2D eigenvalue weighted by Gasteiger charge is -2.45. The molecule has 190 valence electrons. The van der Waals surface area contributed by atoms with E-state index < -0.39 is 34.2 Å². The molecular weight excluding hydrogens is 472 g/mol. The summed E-state index contributed by atoms with van der Waals surface area (Å²) in [7, 11) is 0. The van der Waals surface area contributed by atoms with E-state index in [-0.39, 0.29) is 24.5 Å². The molecule has 11 heteroatoms. The fourth-order valence-electron chi connectivity index (χ4n) is 4.48. The topological polar surface area (TPSA) is 132 Å². The average Bonchev–Trinajstić information content (AvgIpc) is 2.82. The number of nitro groups is 1. The summed E-state index contributed by atoms with van der Waals surface area (Å²) in [5.74, 6) is -2.32. The van der Waals surface area contributed by atoms with E-state index in [1.165, 1.54) is 23.9 Å². The van der Waals surface area contributed by atoms with Gasteiger partial charge < -0.3 is 20.1 Å². The van der Waals surface area contributed by atoms with Crippen molar-refractivity contribution in [3.8, 4) is 0 Å². The van der Waals surface area contributed by atoms with Crippen molar-refractivity contribution in [3.63, 3.8) is 0 Å². The van der Waals surface area contributed by atoms with Gasteiger partial charge in [-0.3, -0.25) is 19.9 Å². The third-order valence-electron chi connectivity index (χ3n) is 5.92. The van der Waals surface area contributed by atoms with E-state index in [4.69, 9.17) is 9.47 Å². The molecule has 1 aromatic carbocycles. The molecule has 0 aliphatic carbocycles. The van der Waals surface area contributed by atoms with Crippen molar-refractivity contribution in [2.24, 2.45) is 10.9 Å². The maximum atomic E-state index is 13.3. The Labute approximate surface area is 209 Å². The highest BCUT2D eigenvalue weighted by atomic mass is 32.2. The number of carbonyl (C=O) groups is 2. The summed E-state index contributed by atoms with van der Waals surface area (Å²) in [6.45, 7) is 9.02. The van der Waals surface area contributed by atoms with Gasteiger partial charge in [0.15, 0.2) is 5.17 Å². The second kappa shape index (κ2) is 11.6. The quantitative estimate of drug-likeness (QED) is 0.311. The summed E-state index contributed by atoms with van der Waals surface area (Å²) in [6, 6.07) is 6.05. The van der Waals surface area contributed by atoms with E-state index in [9.17, 15) is 19.7 Å². The minimum Gasteiger partial charge on any atom is -0.466 e. The van der Waals surface area contributed by atoms with Crippen LogP contribution in [0.4, 0.5) is 5.69 Å². The number of aliphatic imine (C=N–C) groups is 1. The molecule has 3 rings (SSSR count). The molecule has 2 N–H and O–H groups in total. The van der Waals surface area contributed by atoms with Gasteiger partial charge in [-0.05, 0) is 39.7 Å². The molecule has 2 heterocycles. The number of esters is 2. The first kappa shape index (κ1) is 26.5. The van der Waals surface area contributed by atoms with E-state index >= 15 is 0 Å². The highest BCUT2D eigenvalue weighted by Crippen LogP contribution is 2.45. The number of hydrogen-bond donors (Lipinski definition) is 2. The molecule has 2 aliphatic rings. The predicted molar refractivity (Wildman–Crippen MR) is 134 cm³/mol. The van der Waals surface area contributed by atoms with E-state index in [2.05, 4.69) is 15.6 Å². The van der Waals surface area contributed by atoms with E-state index in [0.717, 1.165) is 24.7 Å². The lowest BCUT2D eigenvalue weighted by molar-refractivity contribution is -0.384. The van der Waals surface area contributed by atoms with Gasteiger partial charge in [0, 0.05) is 48.1 Å². The molecule has 0 radical (unpaired) electrons. The monoisotopic (exact) mass is 504 g/mol. The molecule has 2 atom stereocenters. The number of non-ortho nitro benzene ring substituents is 1. The minimum atomic E-state index is -0.831. The number of thioether (sulfide) groups is 1. The molecule has 10 nitrogen and oxygen atoms in total. The van der Waals surface area contributed by atoms with Crippen LogP contribution in [0, 0.1) is 16.0 Å². The summed E-state index contributed by atoms with van der Waals surface area (Å²) in [4.78, 5) is 42.1. The molecule has 2 aliphatic heterocycles. The summed E-state index contributed by atoms with van der Waals surface area (Å²) in [5, 5.41) is 18.9. The fraction of sp³-hybridized carbons (Fsp3) is 0.542. The Kier molecular flexibility index (Phi) is 8.76. The van der Waals surface area contributed by atoms with Gasteiger partial charge >= 0.3 is 11.9 Å². The normalized spacial score (nSPS) is 21.3. The average molecular weight is 505 g/mol. The van der Waals surface area contributed by atoms with Crippen molar-refractivity contribution in [1.29, 1.82) is 0 Å². The van der Waals surface area contributed by atoms with Crippen molar-refractivity contribution >= 4 is 34.6 Å². The molecule has 0 saturated heterocycles. The van der Waals surface area contributed by atoms with Crippen LogP contribution in [0.1, 0.15) is 45.6 Å². The first-order valence-electron chi connectivity index (χ1n) is 11.7. The number of ether oxygens (including phenoxy) is 2. The molecule has 2 unspecified atom stereocenters. The van der Waals surface area contributed by atoms with Crippen LogP contribution in [0.25, 0.3) is 0 Å². The second-order valence-corrected chi connectivity index (χ2v) is 9.74. The van der Waals surface area contributed by atoms with Gasteiger partial charge in [0.1, 0.15) is 0 Å².